The zero-order chi connectivity index (χ0) is 16.3. The monoisotopic (exact) mass is 301 g/mol. The highest BCUT2D eigenvalue weighted by molar-refractivity contribution is 6.08. The number of rotatable bonds is 4. The number of urea groups is 1. The van der Waals surface area contributed by atoms with Gasteiger partial charge < -0.3 is 10.1 Å². The smallest absolute Gasteiger partial charge is 0.327 e. The summed E-state index contributed by atoms with van der Waals surface area (Å²) in [6.45, 7) is 2.45. The number of benzene rings is 1. The fraction of sp³-hybridized carbons (Fsp3) is 0.333. The Morgan fingerprint density at radius 2 is 2.05 bits per heavy atom. The SMILES string of the molecule is C[C@H](C#N)OC(=O)CN1C(=O)N[C@](C)(c2ccccc2)C1=O. The lowest BCUT2D eigenvalue weighted by molar-refractivity contribution is -0.149. The number of amides is 3. The molecule has 0 saturated carbocycles. The van der Waals surface area contributed by atoms with Crippen LogP contribution in [0, 0.1) is 11.3 Å². The van der Waals surface area contributed by atoms with Crippen LogP contribution in [0.1, 0.15) is 19.4 Å². The molecule has 1 N–H and O–H groups in total. The van der Waals surface area contributed by atoms with Crippen LogP contribution in [-0.4, -0.2) is 35.5 Å². The van der Waals surface area contributed by atoms with Crippen molar-refractivity contribution in [3.8, 4) is 6.07 Å². The summed E-state index contributed by atoms with van der Waals surface area (Å²) in [6.07, 6.45) is -0.936. The number of nitrogens with zero attached hydrogens (tertiary/aromatic N) is 2. The van der Waals surface area contributed by atoms with E-state index in [2.05, 4.69) is 5.32 Å². The maximum Gasteiger partial charge on any atom is 0.327 e. The Bertz CT molecular complexity index is 653. The fourth-order valence-electron chi connectivity index (χ4n) is 2.20. The van der Waals surface area contributed by atoms with Gasteiger partial charge in [0, 0.05) is 0 Å². The number of hydrogen-bond acceptors (Lipinski definition) is 5. The molecule has 1 heterocycles. The van der Waals surface area contributed by atoms with Crippen LogP contribution in [0.3, 0.4) is 0 Å². The molecule has 7 heteroatoms. The molecule has 22 heavy (non-hydrogen) atoms. The van der Waals surface area contributed by atoms with Gasteiger partial charge in [0.1, 0.15) is 18.2 Å². The van der Waals surface area contributed by atoms with Crippen LogP contribution in [0.25, 0.3) is 0 Å². The second-order valence-corrected chi connectivity index (χ2v) is 5.07. The molecule has 0 spiro atoms. The molecule has 1 aliphatic rings. The molecule has 1 aromatic carbocycles. The first-order valence-corrected chi connectivity index (χ1v) is 6.67. The molecule has 1 aliphatic heterocycles. The minimum Gasteiger partial charge on any atom is -0.446 e. The lowest BCUT2D eigenvalue weighted by atomic mass is 9.92. The van der Waals surface area contributed by atoms with E-state index in [4.69, 9.17) is 10.00 Å². The van der Waals surface area contributed by atoms with Crippen LogP contribution in [0.15, 0.2) is 30.3 Å². The molecule has 0 bridgehead atoms. The summed E-state index contributed by atoms with van der Waals surface area (Å²) in [5, 5.41) is 11.2. The lowest BCUT2D eigenvalue weighted by Crippen LogP contribution is -2.41. The molecule has 1 fully saturated rings. The third-order valence-electron chi connectivity index (χ3n) is 3.40. The quantitative estimate of drug-likeness (QED) is 0.658. The van der Waals surface area contributed by atoms with Crippen LogP contribution in [0.2, 0.25) is 0 Å². The summed E-state index contributed by atoms with van der Waals surface area (Å²) in [5.74, 6) is -1.35. The Balaban J connectivity index is 2.16. The summed E-state index contributed by atoms with van der Waals surface area (Å²) >= 11 is 0. The van der Waals surface area contributed by atoms with Crippen molar-refractivity contribution in [3.63, 3.8) is 0 Å². The van der Waals surface area contributed by atoms with Crippen molar-refractivity contribution in [2.75, 3.05) is 6.54 Å². The molecule has 2 atom stereocenters. The van der Waals surface area contributed by atoms with Gasteiger partial charge in [0.05, 0.1) is 0 Å². The van der Waals surface area contributed by atoms with E-state index in [1.807, 2.05) is 0 Å². The molecule has 114 valence electrons. The van der Waals surface area contributed by atoms with Crippen molar-refractivity contribution >= 4 is 17.9 Å². The zero-order valence-corrected chi connectivity index (χ0v) is 12.2. The van der Waals surface area contributed by atoms with E-state index in [0.717, 1.165) is 4.90 Å². The van der Waals surface area contributed by atoms with Gasteiger partial charge in [0.2, 0.25) is 0 Å². The molecule has 0 unspecified atom stereocenters. The lowest BCUT2D eigenvalue weighted by Gasteiger charge is -2.22. The predicted octanol–water partition coefficient (Wildman–Crippen LogP) is 0.909. The first kappa shape index (κ1) is 15.5. The van der Waals surface area contributed by atoms with E-state index in [-0.39, 0.29) is 0 Å². The number of esters is 1. The molecule has 0 aliphatic carbocycles. The second kappa shape index (κ2) is 5.85. The average Bonchev–Trinajstić information content (AvgIpc) is 2.72. The highest BCUT2D eigenvalue weighted by Crippen LogP contribution is 2.28. The Morgan fingerprint density at radius 3 is 2.64 bits per heavy atom. The molecule has 2 rings (SSSR count). The molecule has 0 radical (unpaired) electrons. The summed E-state index contributed by atoms with van der Waals surface area (Å²) in [7, 11) is 0. The molecule has 7 nitrogen and oxygen atoms in total. The van der Waals surface area contributed by atoms with Gasteiger partial charge in [0.25, 0.3) is 5.91 Å². The van der Waals surface area contributed by atoms with Crippen molar-refractivity contribution in [3.05, 3.63) is 35.9 Å². The van der Waals surface area contributed by atoms with Crippen molar-refractivity contribution < 1.29 is 19.1 Å². The third kappa shape index (κ3) is 2.76. The van der Waals surface area contributed by atoms with E-state index >= 15 is 0 Å². The summed E-state index contributed by atoms with van der Waals surface area (Å²) in [4.78, 5) is 36.9. The number of carbonyl (C=O) groups is 3. The van der Waals surface area contributed by atoms with E-state index in [1.165, 1.54) is 6.92 Å². The van der Waals surface area contributed by atoms with Crippen LogP contribution < -0.4 is 5.32 Å². The molecule has 3 amide bonds. The second-order valence-electron chi connectivity index (χ2n) is 5.07. The van der Waals surface area contributed by atoms with Gasteiger partial charge in [-0.3, -0.25) is 14.5 Å². The van der Waals surface area contributed by atoms with Crippen LogP contribution in [0.4, 0.5) is 4.79 Å². The van der Waals surface area contributed by atoms with Gasteiger partial charge in [-0.15, -0.1) is 0 Å². The topological polar surface area (TPSA) is 99.5 Å². The maximum atomic E-state index is 12.5. The van der Waals surface area contributed by atoms with E-state index in [9.17, 15) is 14.4 Å². The first-order valence-electron chi connectivity index (χ1n) is 6.67. The van der Waals surface area contributed by atoms with Crippen molar-refractivity contribution in [1.82, 2.24) is 10.2 Å². The highest BCUT2D eigenvalue weighted by Gasteiger charge is 2.49. The van der Waals surface area contributed by atoms with Crippen LogP contribution >= 0.6 is 0 Å². The molecular formula is C15H15N3O4. The third-order valence-corrected chi connectivity index (χ3v) is 3.40. The van der Waals surface area contributed by atoms with Crippen molar-refractivity contribution in [2.24, 2.45) is 0 Å². The number of ether oxygens (including phenoxy) is 1. The number of nitriles is 1. The van der Waals surface area contributed by atoms with Gasteiger partial charge in [-0.25, -0.2) is 4.79 Å². The van der Waals surface area contributed by atoms with Gasteiger partial charge in [-0.1, -0.05) is 30.3 Å². The van der Waals surface area contributed by atoms with Gasteiger partial charge >= 0.3 is 12.0 Å². The number of nitrogens with one attached hydrogen (secondary N) is 1. The summed E-state index contributed by atoms with van der Waals surface area (Å²) in [5.41, 5.74) is -0.603. The highest BCUT2D eigenvalue weighted by atomic mass is 16.5. The number of imide groups is 1. The fourth-order valence-corrected chi connectivity index (χ4v) is 2.20. The van der Waals surface area contributed by atoms with Crippen LogP contribution in [-0.2, 0) is 19.9 Å². The average molecular weight is 301 g/mol. The maximum absolute atomic E-state index is 12.5. The number of carbonyl (C=O) groups excluding carboxylic acids is 3. The van der Waals surface area contributed by atoms with E-state index in [1.54, 1.807) is 43.3 Å². The molecule has 1 aromatic rings. The van der Waals surface area contributed by atoms with Gasteiger partial charge in [0.15, 0.2) is 6.10 Å². The Kier molecular flexibility index (Phi) is 4.13. The Hall–Kier alpha value is -2.88. The first-order chi connectivity index (χ1) is 10.4. The van der Waals surface area contributed by atoms with E-state index in [0.29, 0.717) is 5.56 Å². The van der Waals surface area contributed by atoms with Gasteiger partial charge in [-0.05, 0) is 19.4 Å². The Morgan fingerprint density at radius 1 is 1.41 bits per heavy atom. The summed E-state index contributed by atoms with van der Waals surface area (Å²) < 4.78 is 4.76. The van der Waals surface area contributed by atoms with Crippen molar-refractivity contribution in [1.29, 1.82) is 5.26 Å². The Labute approximate surface area is 127 Å². The normalized spacial score (nSPS) is 22.0. The predicted molar refractivity (Wildman–Crippen MR) is 75.2 cm³/mol. The minimum atomic E-state index is -1.22. The van der Waals surface area contributed by atoms with E-state index < -0.39 is 36.1 Å². The van der Waals surface area contributed by atoms with Gasteiger partial charge in [-0.2, -0.15) is 5.26 Å². The molecule has 0 aromatic heterocycles. The molecule has 1 saturated heterocycles. The largest absolute Gasteiger partial charge is 0.446 e. The minimum absolute atomic E-state index is 0.529. The summed E-state index contributed by atoms with van der Waals surface area (Å²) in [6, 6.07) is 9.82. The molecular weight excluding hydrogens is 286 g/mol. The van der Waals surface area contributed by atoms with Crippen LogP contribution in [0.5, 0.6) is 0 Å². The standard InChI is InChI=1S/C15H15N3O4/c1-10(8-16)22-12(19)9-18-13(20)15(2,17-14(18)21)11-6-4-3-5-7-11/h3-7,10H,9H2,1-2H3,(H,17,21)/t10-,15-/m1/s1. The zero-order valence-electron chi connectivity index (χ0n) is 12.2. The van der Waals surface area contributed by atoms with Crippen molar-refractivity contribution in [2.45, 2.75) is 25.5 Å². The number of hydrogen-bond donors (Lipinski definition) is 1.